The third kappa shape index (κ3) is 4.00. The Morgan fingerprint density at radius 1 is 0.892 bits per heavy atom. The highest BCUT2D eigenvalue weighted by Crippen LogP contribution is 2.51. The maximum Gasteiger partial charge on any atom is 0.209 e. The Labute approximate surface area is 223 Å². The van der Waals surface area contributed by atoms with Gasteiger partial charge in [0.1, 0.15) is 23.5 Å². The number of oxazole rings is 1. The van der Waals surface area contributed by atoms with Crippen molar-refractivity contribution in [2.45, 2.75) is 42.7 Å². The Morgan fingerprint density at radius 3 is 2.24 bits per heavy atom. The molecule has 3 saturated heterocycles. The second kappa shape index (κ2) is 9.07. The highest BCUT2D eigenvalue weighted by molar-refractivity contribution is 7.99. The zero-order chi connectivity index (χ0) is 24.9. The van der Waals surface area contributed by atoms with Crippen molar-refractivity contribution in [1.29, 1.82) is 0 Å². The molecule has 3 aromatic carbocycles. The molecule has 0 amide bonds. The summed E-state index contributed by atoms with van der Waals surface area (Å²) in [7, 11) is 0. The summed E-state index contributed by atoms with van der Waals surface area (Å²) < 4.78 is 14.0. The molecule has 2 bridgehead atoms. The summed E-state index contributed by atoms with van der Waals surface area (Å²) in [6.07, 6.45) is 4.63. The lowest BCUT2D eigenvalue weighted by Crippen LogP contribution is -2.62. The third-order valence-electron chi connectivity index (χ3n) is 8.89. The van der Waals surface area contributed by atoms with Gasteiger partial charge < -0.3 is 13.6 Å². The first kappa shape index (κ1) is 23.1. The minimum Gasteiger partial charge on any atom is -0.457 e. The molecule has 4 aliphatic rings. The van der Waals surface area contributed by atoms with Crippen molar-refractivity contribution in [3.8, 4) is 11.5 Å². The van der Waals surface area contributed by atoms with Crippen LogP contribution in [-0.4, -0.2) is 34.4 Å². The van der Waals surface area contributed by atoms with Crippen LogP contribution in [0.5, 0.6) is 11.5 Å². The van der Waals surface area contributed by atoms with Gasteiger partial charge in [-0.1, -0.05) is 66.7 Å². The molecule has 4 aliphatic heterocycles. The number of quaternary nitrogens is 1. The molecule has 1 unspecified atom stereocenters. The number of benzene rings is 3. The van der Waals surface area contributed by atoms with E-state index in [0.717, 1.165) is 62.2 Å². The fourth-order valence-corrected chi connectivity index (χ4v) is 8.35. The van der Waals surface area contributed by atoms with Crippen LogP contribution in [0.4, 0.5) is 0 Å². The van der Waals surface area contributed by atoms with Crippen LogP contribution in [0, 0.1) is 5.92 Å². The standard InChI is InChI=1S/C32H33N2O2S/c1-32(26-11-5-7-13-28(26)36-29-14-8-6-12-27(29)32)31-33-19-25(35-31)20-34-17-15-24(16-18-34)30(21-34)37-22-23-9-3-2-4-10-23/h2-14,19,24,30H,15-18,20-22H2,1H3/q+1. The van der Waals surface area contributed by atoms with E-state index in [-0.39, 0.29) is 0 Å². The fraction of sp³-hybridized carbons (Fsp3) is 0.344. The largest absolute Gasteiger partial charge is 0.457 e. The number of para-hydroxylation sites is 2. The van der Waals surface area contributed by atoms with E-state index in [2.05, 4.69) is 73.3 Å². The maximum atomic E-state index is 6.66. The Balaban J connectivity index is 1.15. The van der Waals surface area contributed by atoms with Gasteiger partial charge in [-0.3, -0.25) is 0 Å². The SMILES string of the molecule is CC1(c2ncc(C[N+]34CCC(CC3)C(SCc3ccccc3)C4)o2)c2ccccc2Oc2ccccc21. The Bertz CT molecular complexity index is 1360. The van der Waals surface area contributed by atoms with Crippen LogP contribution in [0.2, 0.25) is 0 Å². The number of rotatable bonds is 6. The van der Waals surface area contributed by atoms with Crippen molar-refractivity contribution in [1.82, 2.24) is 4.98 Å². The predicted molar refractivity (Wildman–Crippen MR) is 148 cm³/mol. The van der Waals surface area contributed by atoms with Gasteiger partial charge >= 0.3 is 0 Å². The second-order valence-corrected chi connectivity index (χ2v) is 12.4. The molecular weight excluding hydrogens is 476 g/mol. The first-order valence-electron chi connectivity index (χ1n) is 13.5. The van der Waals surface area contributed by atoms with Crippen LogP contribution >= 0.6 is 11.8 Å². The molecule has 8 rings (SSSR count). The molecule has 4 aromatic rings. The molecular formula is C32H33N2O2S+. The van der Waals surface area contributed by atoms with Gasteiger partial charge in [0.15, 0.2) is 5.76 Å². The van der Waals surface area contributed by atoms with Crippen LogP contribution in [0.3, 0.4) is 0 Å². The van der Waals surface area contributed by atoms with Crippen molar-refractivity contribution in [2.24, 2.45) is 5.92 Å². The van der Waals surface area contributed by atoms with Crippen molar-refractivity contribution in [3.63, 3.8) is 0 Å². The Kier molecular flexibility index (Phi) is 5.67. The van der Waals surface area contributed by atoms with E-state index < -0.39 is 5.41 Å². The third-order valence-corrected chi connectivity index (χ3v) is 10.4. The highest BCUT2D eigenvalue weighted by atomic mass is 32.2. The molecule has 3 fully saturated rings. The molecule has 5 heterocycles. The number of hydrogen-bond donors (Lipinski definition) is 0. The quantitative estimate of drug-likeness (QED) is 0.258. The van der Waals surface area contributed by atoms with E-state index in [1.807, 2.05) is 30.5 Å². The van der Waals surface area contributed by atoms with Gasteiger partial charge in [0.25, 0.3) is 0 Å². The average molecular weight is 510 g/mol. The lowest BCUT2D eigenvalue weighted by atomic mass is 9.74. The molecule has 188 valence electrons. The average Bonchev–Trinajstić information content (AvgIpc) is 3.42. The van der Waals surface area contributed by atoms with Crippen LogP contribution in [-0.2, 0) is 17.7 Å². The van der Waals surface area contributed by atoms with Crippen molar-refractivity contribution < 1.29 is 13.6 Å². The van der Waals surface area contributed by atoms with Gasteiger partial charge in [0.05, 0.1) is 31.1 Å². The summed E-state index contributed by atoms with van der Waals surface area (Å²) in [6.45, 7) is 6.88. The summed E-state index contributed by atoms with van der Waals surface area (Å²) >= 11 is 2.16. The van der Waals surface area contributed by atoms with E-state index in [1.165, 1.54) is 38.0 Å². The smallest absolute Gasteiger partial charge is 0.209 e. The summed E-state index contributed by atoms with van der Waals surface area (Å²) in [6, 6.07) is 27.5. The van der Waals surface area contributed by atoms with E-state index >= 15 is 0 Å². The number of thioether (sulfide) groups is 1. The van der Waals surface area contributed by atoms with E-state index in [4.69, 9.17) is 14.1 Å². The zero-order valence-corrected chi connectivity index (χ0v) is 22.1. The van der Waals surface area contributed by atoms with Gasteiger partial charge in [-0.25, -0.2) is 4.98 Å². The van der Waals surface area contributed by atoms with Crippen LogP contribution in [0.1, 0.15) is 48.1 Å². The number of piperidine rings is 3. The van der Waals surface area contributed by atoms with Crippen LogP contribution < -0.4 is 4.74 Å². The monoisotopic (exact) mass is 509 g/mol. The first-order valence-corrected chi connectivity index (χ1v) is 14.5. The molecule has 5 heteroatoms. The lowest BCUT2D eigenvalue weighted by molar-refractivity contribution is -0.954. The number of aromatic nitrogens is 1. The van der Waals surface area contributed by atoms with E-state index in [9.17, 15) is 0 Å². The normalized spacial score (nSPS) is 25.2. The topological polar surface area (TPSA) is 35.3 Å². The van der Waals surface area contributed by atoms with E-state index in [0.29, 0.717) is 0 Å². The fourth-order valence-electron chi connectivity index (χ4n) is 6.78. The van der Waals surface area contributed by atoms with Crippen LogP contribution in [0.25, 0.3) is 0 Å². The molecule has 4 nitrogen and oxygen atoms in total. The van der Waals surface area contributed by atoms with Gasteiger partial charge in [0, 0.05) is 29.7 Å². The minimum atomic E-state index is -0.493. The maximum absolute atomic E-state index is 6.66. The number of hydrogen-bond acceptors (Lipinski definition) is 4. The van der Waals surface area contributed by atoms with Gasteiger partial charge in [-0.2, -0.15) is 0 Å². The molecule has 0 N–H and O–H groups in total. The van der Waals surface area contributed by atoms with Crippen molar-refractivity contribution >= 4 is 11.8 Å². The lowest BCUT2D eigenvalue weighted by Gasteiger charge is -2.52. The number of ether oxygens (including phenoxy) is 1. The summed E-state index contributed by atoms with van der Waals surface area (Å²) in [5.41, 5.74) is 3.14. The summed E-state index contributed by atoms with van der Waals surface area (Å²) in [5.74, 6) is 5.47. The highest BCUT2D eigenvalue weighted by Gasteiger charge is 2.47. The molecule has 1 atom stereocenters. The van der Waals surface area contributed by atoms with Gasteiger partial charge in [-0.15, -0.1) is 11.8 Å². The predicted octanol–water partition coefficient (Wildman–Crippen LogP) is 7.18. The number of nitrogens with zero attached hydrogens (tertiary/aromatic N) is 2. The molecule has 0 spiro atoms. The Hall–Kier alpha value is -3.02. The van der Waals surface area contributed by atoms with Crippen molar-refractivity contribution in [2.75, 3.05) is 19.6 Å². The first-order chi connectivity index (χ1) is 18.1. The molecule has 0 aliphatic carbocycles. The number of fused-ring (bicyclic) bond motifs is 5. The summed E-state index contributed by atoms with van der Waals surface area (Å²) in [4.78, 5) is 4.91. The second-order valence-electron chi connectivity index (χ2n) is 11.2. The molecule has 37 heavy (non-hydrogen) atoms. The van der Waals surface area contributed by atoms with Crippen molar-refractivity contribution in [3.05, 3.63) is 113 Å². The van der Waals surface area contributed by atoms with Crippen LogP contribution in [0.15, 0.2) is 89.5 Å². The summed E-state index contributed by atoms with van der Waals surface area (Å²) in [5, 5.41) is 0.719. The van der Waals surface area contributed by atoms with Gasteiger partial charge in [0.2, 0.25) is 5.89 Å². The molecule has 0 saturated carbocycles. The minimum absolute atomic E-state index is 0.493. The Morgan fingerprint density at radius 2 is 1.54 bits per heavy atom. The zero-order valence-electron chi connectivity index (χ0n) is 21.3. The molecule has 0 radical (unpaired) electrons. The van der Waals surface area contributed by atoms with Gasteiger partial charge in [-0.05, 0) is 30.5 Å². The molecule has 1 aromatic heterocycles. The van der Waals surface area contributed by atoms with E-state index in [1.54, 1.807) is 0 Å².